The molecule has 0 aliphatic carbocycles. The van der Waals surface area contributed by atoms with Gasteiger partial charge in [0.25, 0.3) is 0 Å². The maximum Gasteiger partial charge on any atom is 0.0587 e. The lowest BCUT2D eigenvalue weighted by molar-refractivity contribution is 0.240. The topological polar surface area (TPSA) is 37.2 Å². The predicted molar refractivity (Wildman–Crippen MR) is 87.4 cm³/mol. The molecule has 1 heterocycles. The van der Waals surface area contributed by atoms with Crippen molar-refractivity contribution < 1.29 is 5.11 Å². The van der Waals surface area contributed by atoms with Gasteiger partial charge in [-0.15, -0.1) is 0 Å². The second-order valence-corrected chi connectivity index (χ2v) is 5.59. The zero-order chi connectivity index (χ0) is 15.2. The Bertz CT molecular complexity index is 560. The monoisotopic (exact) mass is 286 g/mol. The maximum atomic E-state index is 9.57. The Balaban J connectivity index is 1.97. The second kappa shape index (κ2) is 7.43. The van der Waals surface area contributed by atoms with E-state index in [1.54, 1.807) is 0 Å². The molecule has 1 aromatic heterocycles. The van der Waals surface area contributed by atoms with Gasteiger partial charge in [-0.2, -0.15) is 0 Å². The fourth-order valence-corrected chi connectivity index (χ4v) is 2.89. The second-order valence-electron chi connectivity index (χ2n) is 5.59. The summed E-state index contributed by atoms with van der Waals surface area (Å²) in [6.45, 7) is 8.44. The van der Waals surface area contributed by atoms with Crippen molar-refractivity contribution >= 4 is 0 Å². The Hall–Kier alpha value is -1.58. The van der Waals surface area contributed by atoms with Crippen molar-refractivity contribution in [3.63, 3.8) is 0 Å². The number of nitrogens with zero attached hydrogens (tertiary/aromatic N) is 1. The molecule has 0 unspecified atom stereocenters. The summed E-state index contributed by atoms with van der Waals surface area (Å²) in [6, 6.07) is 12.6. The molecule has 3 nitrogen and oxygen atoms in total. The molecule has 0 spiro atoms. The number of nitrogens with one attached hydrogen (secondary N) is 1. The molecule has 2 rings (SSSR count). The summed E-state index contributed by atoms with van der Waals surface area (Å²) in [6.07, 6.45) is 0.851. The summed E-state index contributed by atoms with van der Waals surface area (Å²) < 4.78 is 2.32. The van der Waals surface area contributed by atoms with Crippen LogP contribution < -0.4 is 5.32 Å². The fourth-order valence-electron chi connectivity index (χ4n) is 2.89. The predicted octanol–water partition coefficient (Wildman–Crippen LogP) is 2.82. The van der Waals surface area contributed by atoms with Crippen LogP contribution in [0.2, 0.25) is 0 Å². The third kappa shape index (κ3) is 3.96. The van der Waals surface area contributed by atoms with Crippen molar-refractivity contribution in [2.45, 2.75) is 46.3 Å². The molecule has 0 saturated heterocycles. The van der Waals surface area contributed by atoms with Crippen LogP contribution in [0.5, 0.6) is 0 Å². The summed E-state index contributed by atoms with van der Waals surface area (Å²) in [4.78, 5) is 0. The SMILES string of the molecule is CCn1c(C)cc(CN[C@H](CO)Cc2ccccc2)c1C. The minimum absolute atomic E-state index is 0.0945. The minimum atomic E-state index is 0.0945. The van der Waals surface area contributed by atoms with Crippen LogP contribution in [0, 0.1) is 13.8 Å². The van der Waals surface area contributed by atoms with Crippen molar-refractivity contribution in [1.82, 2.24) is 9.88 Å². The Morgan fingerprint density at radius 3 is 2.48 bits per heavy atom. The van der Waals surface area contributed by atoms with E-state index in [1.165, 1.54) is 22.5 Å². The van der Waals surface area contributed by atoms with E-state index >= 15 is 0 Å². The first kappa shape index (κ1) is 15.8. The van der Waals surface area contributed by atoms with Gasteiger partial charge < -0.3 is 15.0 Å². The van der Waals surface area contributed by atoms with Crippen molar-refractivity contribution in [2.24, 2.45) is 0 Å². The number of aliphatic hydroxyl groups is 1. The Labute approximate surface area is 127 Å². The van der Waals surface area contributed by atoms with E-state index in [0.29, 0.717) is 0 Å². The normalized spacial score (nSPS) is 12.6. The highest BCUT2D eigenvalue weighted by Crippen LogP contribution is 2.15. The number of hydrogen-bond donors (Lipinski definition) is 2. The molecule has 1 atom stereocenters. The molecular weight excluding hydrogens is 260 g/mol. The van der Waals surface area contributed by atoms with E-state index in [1.807, 2.05) is 18.2 Å². The van der Waals surface area contributed by atoms with Crippen LogP contribution in [0.3, 0.4) is 0 Å². The minimum Gasteiger partial charge on any atom is -0.395 e. The van der Waals surface area contributed by atoms with Gasteiger partial charge in [0, 0.05) is 30.5 Å². The molecule has 0 aliphatic rings. The Morgan fingerprint density at radius 1 is 1.19 bits per heavy atom. The van der Waals surface area contributed by atoms with Crippen LogP contribution in [0.25, 0.3) is 0 Å². The molecule has 114 valence electrons. The molecule has 0 saturated carbocycles. The van der Waals surface area contributed by atoms with Crippen molar-refractivity contribution in [3.05, 3.63) is 58.9 Å². The largest absolute Gasteiger partial charge is 0.395 e. The maximum absolute atomic E-state index is 9.57. The van der Waals surface area contributed by atoms with Gasteiger partial charge in [-0.1, -0.05) is 30.3 Å². The average Bonchev–Trinajstić information content (AvgIpc) is 2.78. The highest BCUT2D eigenvalue weighted by molar-refractivity contribution is 5.26. The molecule has 0 amide bonds. The third-order valence-electron chi connectivity index (χ3n) is 4.12. The van der Waals surface area contributed by atoms with Gasteiger partial charge in [0.05, 0.1) is 6.61 Å². The Morgan fingerprint density at radius 2 is 1.90 bits per heavy atom. The first-order valence-corrected chi connectivity index (χ1v) is 7.69. The van der Waals surface area contributed by atoms with Crippen LogP contribution in [-0.2, 0) is 19.5 Å². The van der Waals surface area contributed by atoms with E-state index < -0.39 is 0 Å². The van der Waals surface area contributed by atoms with E-state index in [0.717, 1.165) is 19.5 Å². The van der Waals surface area contributed by atoms with Crippen molar-refractivity contribution in [3.8, 4) is 0 Å². The molecule has 0 radical (unpaired) electrons. The smallest absolute Gasteiger partial charge is 0.0587 e. The first-order valence-electron chi connectivity index (χ1n) is 7.69. The van der Waals surface area contributed by atoms with Crippen LogP contribution in [0.15, 0.2) is 36.4 Å². The zero-order valence-electron chi connectivity index (χ0n) is 13.3. The quantitative estimate of drug-likeness (QED) is 0.821. The average molecular weight is 286 g/mol. The van der Waals surface area contributed by atoms with Crippen LogP contribution in [0.1, 0.15) is 29.4 Å². The van der Waals surface area contributed by atoms with Gasteiger partial charge in [-0.25, -0.2) is 0 Å². The Kier molecular flexibility index (Phi) is 5.59. The lowest BCUT2D eigenvalue weighted by atomic mass is 10.1. The highest BCUT2D eigenvalue weighted by Gasteiger charge is 2.11. The molecule has 2 N–H and O–H groups in total. The molecular formula is C18H26N2O. The third-order valence-corrected chi connectivity index (χ3v) is 4.12. The van der Waals surface area contributed by atoms with Crippen LogP contribution >= 0.6 is 0 Å². The van der Waals surface area contributed by atoms with E-state index in [4.69, 9.17) is 0 Å². The molecule has 1 aromatic carbocycles. The number of benzene rings is 1. The summed E-state index contributed by atoms with van der Waals surface area (Å²) in [5.74, 6) is 0. The zero-order valence-corrected chi connectivity index (χ0v) is 13.3. The fraction of sp³-hybridized carbons (Fsp3) is 0.444. The van der Waals surface area contributed by atoms with Gasteiger partial charge in [0.2, 0.25) is 0 Å². The highest BCUT2D eigenvalue weighted by atomic mass is 16.3. The van der Waals surface area contributed by atoms with Crippen LogP contribution in [0.4, 0.5) is 0 Å². The standard InChI is InChI=1S/C18H26N2O/c1-4-20-14(2)10-17(15(20)3)12-19-18(13-21)11-16-8-6-5-7-9-16/h5-10,18-19,21H,4,11-13H2,1-3H3/t18-/m0/s1. The number of rotatable bonds is 7. The molecule has 0 aliphatic heterocycles. The van der Waals surface area contributed by atoms with Crippen molar-refractivity contribution in [2.75, 3.05) is 6.61 Å². The van der Waals surface area contributed by atoms with Gasteiger partial charge in [-0.05, 0) is 44.4 Å². The number of hydrogen-bond acceptors (Lipinski definition) is 2. The van der Waals surface area contributed by atoms with E-state index in [2.05, 4.69) is 48.9 Å². The molecule has 21 heavy (non-hydrogen) atoms. The van der Waals surface area contributed by atoms with E-state index in [9.17, 15) is 5.11 Å². The molecule has 0 bridgehead atoms. The van der Waals surface area contributed by atoms with Crippen molar-refractivity contribution in [1.29, 1.82) is 0 Å². The summed E-state index contributed by atoms with van der Waals surface area (Å²) in [5.41, 5.74) is 5.19. The van der Waals surface area contributed by atoms with Gasteiger partial charge >= 0.3 is 0 Å². The summed E-state index contributed by atoms with van der Waals surface area (Å²) >= 11 is 0. The number of aryl methyl sites for hydroxylation is 1. The lowest BCUT2D eigenvalue weighted by Gasteiger charge is -2.16. The first-order chi connectivity index (χ1) is 10.2. The summed E-state index contributed by atoms with van der Waals surface area (Å²) in [7, 11) is 0. The van der Waals surface area contributed by atoms with Crippen LogP contribution in [-0.4, -0.2) is 22.3 Å². The van der Waals surface area contributed by atoms with Gasteiger partial charge in [-0.3, -0.25) is 0 Å². The molecule has 3 heteroatoms. The lowest BCUT2D eigenvalue weighted by Crippen LogP contribution is -2.34. The van der Waals surface area contributed by atoms with E-state index in [-0.39, 0.29) is 12.6 Å². The number of aliphatic hydroxyl groups excluding tert-OH is 1. The summed E-state index contributed by atoms with van der Waals surface area (Å²) in [5, 5.41) is 13.0. The molecule has 0 fully saturated rings. The van der Waals surface area contributed by atoms with Gasteiger partial charge in [0.1, 0.15) is 0 Å². The van der Waals surface area contributed by atoms with Gasteiger partial charge in [0.15, 0.2) is 0 Å². The number of aromatic nitrogens is 1. The molecule has 2 aromatic rings.